The average Bonchev–Trinajstić information content (AvgIpc) is 3.58. The molecule has 1 atom stereocenters. The number of oxazole rings is 1. The summed E-state index contributed by atoms with van der Waals surface area (Å²) < 4.78 is 12.8. The molecule has 42 heavy (non-hydrogen) atoms. The van der Waals surface area contributed by atoms with Gasteiger partial charge in [0.15, 0.2) is 12.2 Å². The van der Waals surface area contributed by atoms with Gasteiger partial charge < -0.3 is 19.4 Å². The Kier molecular flexibility index (Phi) is 8.50. The van der Waals surface area contributed by atoms with Crippen molar-refractivity contribution in [2.75, 3.05) is 6.61 Å². The third-order valence-corrected chi connectivity index (χ3v) is 6.76. The first-order valence-corrected chi connectivity index (χ1v) is 13.4. The first-order chi connectivity index (χ1) is 20.3. The summed E-state index contributed by atoms with van der Waals surface area (Å²) in [6.45, 7) is 1.85. The van der Waals surface area contributed by atoms with Crippen LogP contribution in [0.3, 0.4) is 0 Å². The predicted octanol–water partition coefficient (Wildman–Crippen LogP) is 6.88. The maximum atomic E-state index is 11.0. The van der Waals surface area contributed by atoms with Crippen molar-refractivity contribution < 1.29 is 29.0 Å². The van der Waals surface area contributed by atoms with E-state index in [1.807, 2.05) is 71.4 Å². The number of para-hydroxylation sites is 1. The highest BCUT2D eigenvalue weighted by Gasteiger charge is 2.16. The molecule has 2 aromatic heterocycles. The van der Waals surface area contributed by atoms with Gasteiger partial charge in [-0.25, -0.2) is 9.78 Å². The number of nitrogens with zero attached hydrogens (tertiary/aromatic N) is 3. The van der Waals surface area contributed by atoms with E-state index >= 15 is 0 Å². The zero-order valence-electron chi connectivity index (χ0n) is 22.5. The van der Waals surface area contributed by atoms with E-state index in [1.54, 1.807) is 37.3 Å². The molecule has 6 rings (SSSR count). The lowest BCUT2D eigenvalue weighted by Crippen LogP contribution is -2.10. The van der Waals surface area contributed by atoms with Gasteiger partial charge in [0, 0.05) is 10.6 Å². The number of halogens is 1. The molecule has 0 aliphatic rings. The van der Waals surface area contributed by atoms with Crippen molar-refractivity contribution in [3.63, 3.8) is 0 Å². The van der Waals surface area contributed by atoms with Crippen molar-refractivity contribution in [2.45, 2.75) is 19.4 Å². The van der Waals surface area contributed by atoms with Gasteiger partial charge in [-0.15, -0.1) is 5.10 Å². The topological polar surface area (TPSA) is 128 Å². The van der Waals surface area contributed by atoms with Crippen LogP contribution in [0.25, 0.3) is 33.5 Å². The van der Waals surface area contributed by atoms with Crippen LogP contribution < -0.4 is 4.74 Å². The Labute approximate surface area is 245 Å². The number of aromatic nitrogens is 3. The number of hydrogen-bond donors (Lipinski definition) is 2. The Bertz CT molecular complexity index is 1850. The lowest BCUT2D eigenvalue weighted by Gasteiger charge is -2.04. The van der Waals surface area contributed by atoms with Crippen molar-refractivity contribution in [3.05, 3.63) is 113 Å². The molecule has 0 saturated heterocycles. The highest BCUT2D eigenvalue weighted by atomic mass is 35.5. The monoisotopic (exact) mass is 583 g/mol. The Hall–Kier alpha value is -5.15. The first kappa shape index (κ1) is 28.4. The molecule has 10 heteroatoms. The molecule has 0 spiro atoms. The Morgan fingerprint density at radius 1 is 0.952 bits per heavy atom. The summed E-state index contributed by atoms with van der Waals surface area (Å²) in [5.41, 5.74) is 4.83. The summed E-state index contributed by atoms with van der Waals surface area (Å²) in [4.78, 5) is 26.1. The largest absolute Gasteiger partial charge is 0.481 e. The van der Waals surface area contributed by atoms with E-state index in [2.05, 4.69) is 10.1 Å². The smallest absolute Gasteiger partial charge is 0.341 e. The number of rotatable bonds is 8. The minimum absolute atomic E-state index is 0.351. The molecule has 0 aliphatic carbocycles. The SMILES string of the molecule is CC(C(=O)O)c1ccc2oc(-c3ccc(Cl)cc3)nc2c1.O=C(O)COc1nn(Cc2ccccc2)c2ccccc12. The number of aliphatic carboxylic acids is 2. The lowest BCUT2D eigenvalue weighted by atomic mass is 10.0. The van der Waals surface area contributed by atoms with Crippen LogP contribution in [0.2, 0.25) is 5.02 Å². The van der Waals surface area contributed by atoms with E-state index in [9.17, 15) is 9.59 Å². The molecule has 4 aromatic carbocycles. The van der Waals surface area contributed by atoms with Crippen LogP contribution in [0, 0.1) is 0 Å². The molecule has 0 fully saturated rings. The third-order valence-electron chi connectivity index (χ3n) is 6.50. The predicted molar refractivity (Wildman–Crippen MR) is 159 cm³/mol. The Morgan fingerprint density at radius 2 is 1.67 bits per heavy atom. The Morgan fingerprint density at radius 3 is 2.38 bits per heavy atom. The maximum Gasteiger partial charge on any atom is 0.341 e. The normalized spacial score (nSPS) is 11.6. The van der Waals surface area contributed by atoms with Gasteiger partial charge in [-0.1, -0.05) is 60.1 Å². The third kappa shape index (κ3) is 6.59. The van der Waals surface area contributed by atoms with Gasteiger partial charge in [-0.2, -0.15) is 0 Å². The average molecular weight is 584 g/mol. The number of carboxylic acid groups (broad SMARTS) is 2. The van der Waals surface area contributed by atoms with E-state index in [-0.39, 0.29) is 0 Å². The van der Waals surface area contributed by atoms with Gasteiger partial charge >= 0.3 is 11.9 Å². The van der Waals surface area contributed by atoms with Crippen LogP contribution in [0.5, 0.6) is 5.88 Å². The molecular weight excluding hydrogens is 558 g/mol. The van der Waals surface area contributed by atoms with Crippen LogP contribution in [0.15, 0.2) is 101 Å². The molecular formula is C32H26ClN3O6. The second-order valence-electron chi connectivity index (χ2n) is 9.46. The molecule has 2 heterocycles. The van der Waals surface area contributed by atoms with Gasteiger partial charge in [0.2, 0.25) is 11.8 Å². The van der Waals surface area contributed by atoms with Crippen LogP contribution in [-0.2, 0) is 16.1 Å². The van der Waals surface area contributed by atoms with Gasteiger partial charge in [0.05, 0.1) is 23.4 Å². The second-order valence-corrected chi connectivity index (χ2v) is 9.90. The van der Waals surface area contributed by atoms with Gasteiger partial charge in [0.1, 0.15) is 5.52 Å². The number of ether oxygens (including phenoxy) is 1. The van der Waals surface area contributed by atoms with Crippen molar-refractivity contribution in [1.29, 1.82) is 0 Å². The fourth-order valence-corrected chi connectivity index (χ4v) is 4.41. The minimum Gasteiger partial charge on any atom is -0.481 e. The lowest BCUT2D eigenvalue weighted by molar-refractivity contribution is -0.139. The van der Waals surface area contributed by atoms with Crippen LogP contribution >= 0.6 is 11.6 Å². The fraction of sp³-hybridized carbons (Fsp3) is 0.125. The number of hydrogen-bond acceptors (Lipinski definition) is 6. The molecule has 1 unspecified atom stereocenters. The molecule has 0 bridgehead atoms. The van der Waals surface area contributed by atoms with Crippen molar-refractivity contribution >= 4 is 45.5 Å². The zero-order chi connectivity index (χ0) is 29.6. The van der Waals surface area contributed by atoms with Crippen LogP contribution in [-0.4, -0.2) is 43.5 Å². The minimum atomic E-state index is -1.02. The second kappa shape index (κ2) is 12.6. The fourth-order valence-electron chi connectivity index (χ4n) is 4.28. The van der Waals surface area contributed by atoms with E-state index in [1.165, 1.54) is 0 Å². The molecule has 0 saturated carbocycles. The summed E-state index contributed by atoms with van der Waals surface area (Å²) >= 11 is 5.86. The number of fused-ring (bicyclic) bond motifs is 2. The zero-order valence-corrected chi connectivity index (χ0v) is 23.2. The molecule has 0 radical (unpaired) electrons. The standard InChI is InChI=1S/C16H12ClNO3.C16H14N2O3/c1-9(16(19)20)11-4-7-14-13(8-11)18-15(21-14)10-2-5-12(17)6-3-10;19-15(20)11-21-16-13-8-4-5-9-14(13)18(17-16)10-12-6-2-1-3-7-12/h2-9H,1H3,(H,19,20);1-9H,10-11H2,(H,19,20). The highest BCUT2D eigenvalue weighted by molar-refractivity contribution is 6.30. The summed E-state index contributed by atoms with van der Waals surface area (Å²) in [7, 11) is 0. The molecule has 6 aromatic rings. The molecule has 212 valence electrons. The maximum absolute atomic E-state index is 11.0. The van der Waals surface area contributed by atoms with Gasteiger partial charge in [0.25, 0.3) is 0 Å². The highest BCUT2D eigenvalue weighted by Crippen LogP contribution is 2.28. The molecule has 0 amide bonds. The van der Waals surface area contributed by atoms with E-state index in [0.29, 0.717) is 40.0 Å². The van der Waals surface area contributed by atoms with Gasteiger partial charge in [-0.05, 0) is 66.6 Å². The molecule has 0 aliphatic heterocycles. The summed E-state index contributed by atoms with van der Waals surface area (Å²) in [6.07, 6.45) is 0. The van der Waals surface area contributed by atoms with Crippen LogP contribution in [0.4, 0.5) is 0 Å². The summed E-state index contributed by atoms with van der Waals surface area (Å²) in [6, 6.07) is 30.0. The number of carbonyl (C=O) groups is 2. The number of benzene rings is 4. The van der Waals surface area contributed by atoms with E-state index in [0.717, 1.165) is 22.0 Å². The van der Waals surface area contributed by atoms with E-state index in [4.69, 9.17) is 31.0 Å². The quantitative estimate of drug-likeness (QED) is 0.198. The molecule has 9 nitrogen and oxygen atoms in total. The van der Waals surface area contributed by atoms with E-state index < -0.39 is 24.5 Å². The van der Waals surface area contributed by atoms with Crippen molar-refractivity contribution in [2.24, 2.45) is 0 Å². The number of carboxylic acids is 2. The Balaban J connectivity index is 0.000000168. The van der Waals surface area contributed by atoms with Crippen LogP contribution in [0.1, 0.15) is 24.0 Å². The summed E-state index contributed by atoms with van der Waals surface area (Å²) in [5.74, 6) is -1.62. The van der Waals surface area contributed by atoms with Gasteiger partial charge in [-0.3, -0.25) is 9.48 Å². The molecule has 2 N–H and O–H groups in total. The summed E-state index contributed by atoms with van der Waals surface area (Å²) in [5, 5.41) is 23.6. The first-order valence-electron chi connectivity index (χ1n) is 13.0. The van der Waals surface area contributed by atoms with Crippen molar-refractivity contribution in [1.82, 2.24) is 14.8 Å². The van der Waals surface area contributed by atoms with Crippen molar-refractivity contribution in [3.8, 4) is 17.3 Å².